The molecule has 1 fully saturated rings. The fraction of sp³-hybridized carbons (Fsp3) is 0.857. The van der Waals surface area contributed by atoms with Gasteiger partial charge in [-0.3, -0.25) is 9.59 Å². The second kappa shape index (κ2) is 8.60. The van der Waals surface area contributed by atoms with E-state index in [0.717, 1.165) is 32.6 Å². The molecule has 1 aliphatic carbocycles. The fourth-order valence-electron chi connectivity index (χ4n) is 2.15. The van der Waals surface area contributed by atoms with Crippen LogP contribution in [0.4, 0.5) is 13.2 Å². The van der Waals surface area contributed by atoms with Crippen LogP contribution in [-0.2, 0) is 19.1 Å². The van der Waals surface area contributed by atoms with Gasteiger partial charge in [-0.15, -0.1) is 11.6 Å². The predicted octanol–water partition coefficient (Wildman–Crippen LogP) is 3.60. The normalized spacial score (nSPS) is 23.7. The zero-order chi connectivity index (χ0) is 16.8. The largest absolute Gasteiger partial charge is 0.465 e. The van der Waals surface area contributed by atoms with Crippen LogP contribution in [0.1, 0.15) is 45.4 Å². The Labute approximate surface area is 132 Å². The van der Waals surface area contributed by atoms with E-state index >= 15 is 0 Å². The zero-order valence-corrected chi connectivity index (χ0v) is 13.1. The second-order valence-electron chi connectivity index (χ2n) is 5.42. The molecule has 0 amide bonds. The fourth-order valence-corrected chi connectivity index (χ4v) is 2.50. The number of halogens is 4. The molecule has 0 aromatic carbocycles. The molecule has 0 saturated heterocycles. The molecule has 0 bridgehead atoms. The Bertz CT molecular complexity index is 387. The molecule has 0 aromatic rings. The standard InChI is InChI=1S/C14H20ClF3O4/c1-9(14(16,17)18)22-13(20)7-6-12(19)21-8-10-4-2-3-5-11(10)15/h9-11H,2-8H2,1H3. The van der Waals surface area contributed by atoms with Crippen LogP contribution >= 0.6 is 11.6 Å². The smallest absolute Gasteiger partial charge is 0.425 e. The molecule has 3 atom stereocenters. The van der Waals surface area contributed by atoms with Gasteiger partial charge in [-0.2, -0.15) is 13.2 Å². The van der Waals surface area contributed by atoms with E-state index in [1.54, 1.807) is 0 Å². The number of hydrogen-bond acceptors (Lipinski definition) is 4. The van der Waals surface area contributed by atoms with Crippen molar-refractivity contribution in [3.63, 3.8) is 0 Å². The van der Waals surface area contributed by atoms with Gasteiger partial charge in [0.05, 0.1) is 19.4 Å². The van der Waals surface area contributed by atoms with Gasteiger partial charge >= 0.3 is 18.1 Å². The van der Waals surface area contributed by atoms with Gasteiger partial charge in [-0.25, -0.2) is 0 Å². The molecule has 8 heteroatoms. The average Bonchev–Trinajstić information content (AvgIpc) is 2.43. The van der Waals surface area contributed by atoms with Gasteiger partial charge in [0.2, 0.25) is 0 Å². The van der Waals surface area contributed by atoms with Gasteiger partial charge in [0.15, 0.2) is 6.10 Å². The Morgan fingerprint density at radius 2 is 1.77 bits per heavy atom. The van der Waals surface area contributed by atoms with Crippen LogP contribution in [0.5, 0.6) is 0 Å². The lowest BCUT2D eigenvalue weighted by atomic mass is 9.89. The summed E-state index contributed by atoms with van der Waals surface area (Å²) in [6.07, 6.45) is -3.67. The second-order valence-corrected chi connectivity index (χ2v) is 5.98. The van der Waals surface area contributed by atoms with Gasteiger partial charge in [0.1, 0.15) is 0 Å². The Hall–Kier alpha value is -0.980. The van der Waals surface area contributed by atoms with Crippen molar-refractivity contribution in [1.29, 1.82) is 0 Å². The van der Waals surface area contributed by atoms with E-state index in [1.807, 2.05) is 0 Å². The number of esters is 2. The van der Waals surface area contributed by atoms with E-state index in [1.165, 1.54) is 0 Å². The first-order chi connectivity index (χ1) is 10.2. The molecular weight excluding hydrogens is 325 g/mol. The molecule has 1 rings (SSSR count). The molecule has 128 valence electrons. The summed E-state index contributed by atoms with van der Waals surface area (Å²) in [5.74, 6) is -1.61. The highest BCUT2D eigenvalue weighted by molar-refractivity contribution is 6.20. The quantitative estimate of drug-likeness (QED) is 0.545. The van der Waals surface area contributed by atoms with Gasteiger partial charge in [0.25, 0.3) is 0 Å². The molecule has 1 saturated carbocycles. The third-order valence-electron chi connectivity index (χ3n) is 3.58. The highest BCUT2D eigenvalue weighted by atomic mass is 35.5. The van der Waals surface area contributed by atoms with Crippen LogP contribution in [0.15, 0.2) is 0 Å². The van der Waals surface area contributed by atoms with E-state index in [0.29, 0.717) is 0 Å². The third kappa shape index (κ3) is 6.85. The third-order valence-corrected chi connectivity index (χ3v) is 4.15. The molecule has 0 radical (unpaired) electrons. The van der Waals surface area contributed by atoms with Crippen molar-refractivity contribution < 1.29 is 32.2 Å². The lowest BCUT2D eigenvalue weighted by Gasteiger charge is -2.26. The first-order valence-electron chi connectivity index (χ1n) is 7.26. The monoisotopic (exact) mass is 344 g/mol. The summed E-state index contributed by atoms with van der Waals surface area (Å²) < 4.78 is 45.8. The summed E-state index contributed by atoms with van der Waals surface area (Å²) >= 11 is 6.12. The molecule has 0 N–H and O–H groups in total. The maximum absolute atomic E-state index is 12.2. The topological polar surface area (TPSA) is 52.6 Å². The number of alkyl halides is 4. The average molecular weight is 345 g/mol. The number of ether oxygens (including phenoxy) is 2. The van der Waals surface area contributed by atoms with E-state index in [9.17, 15) is 22.8 Å². The molecule has 22 heavy (non-hydrogen) atoms. The van der Waals surface area contributed by atoms with Crippen molar-refractivity contribution in [2.24, 2.45) is 5.92 Å². The first-order valence-corrected chi connectivity index (χ1v) is 7.69. The predicted molar refractivity (Wildman–Crippen MR) is 73.4 cm³/mol. The number of carbonyl (C=O) groups is 2. The van der Waals surface area contributed by atoms with E-state index in [-0.39, 0.29) is 24.3 Å². The van der Waals surface area contributed by atoms with Crippen LogP contribution in [-0.4, -0.2) is 36.2 Å². The molecule has 0 spiro atoms. The minimum Gasteiger partial charge on any atom is -0.465 e. The van der Waals surface area contributed by atoms with Gasteiger partial charge in [-0.05, 0) is 19.8 Å². The van der Waals surface area contributed by atoms with Crippen molar-refractivity contribution in [2.45, 2.75) is 63.1 Å². The molecule has 1 aliphatic rings. The molecule has 4 nitrogen and oxygen atoms in total. The SMILES string of the molecule is CC(OC(=O)CCC(=O)OCC1CCCCC1Cl)C(F)(F)F. The Kier molecular flexibility index (Phi) is 7.45. The number of hydrogen-bond donors (Lipinski definition) is 0. The Morgan fingerprint density at radius 3 is 2.36 bits per heavy atom. The van der Waals surface area contributed by atoms with Crippen LogP contribution in [0.2, 0.25) is 0 Å². The molecule has 0 aliphatic heterocycles. The van der Waals surface area contributed by atoms with Crippen molar-refractivity contribution in [3.05, 3.63) is 0 Å². The maximum atomic E-state index is 12.2. The highest BCUT2D eigenvalue weighted by Crippen LogP contribution is 2.28. The zero-order valence-electron chi connectivity index (χ0n) is 12.3. The maximum Gasteiger partial charge on any atom is 0.425 e. The van der Waals surface area contributed by atoms with Crippen molar-refractivity contribution >= 4 is 23.5 Å². The lowest BCUT2D eigenvalue weighted by Crippen LogP contribution is -2.31. The lowest BCUT2D eigenvalue weighted by molar-refractivity contribution is -0.216. The van der Waals surface area contributed by atoms with Crippen LogP contribution in [0.3, 0.4) is 0 Å². The Balaban J connectivity index is 2.21. The van der Waals surface area contributed by atoms with Crippen molar-refractivity contribution in [3.8, 4) is 0 Å². The van der Waals surface area contributed by atoms with Crippen molar-refractivity contribution in [1.82, 2.24) is 0 Å². The van der Waals surface area contributed by atoms with E-state index in [4.69, 9.17) is 16.3 Å². The summed E-state index contributed by atoms with van der Waals surface area (Å²) in [7, 11) is 0. The van der Waals surface area contributed by atoms with Crippen LogP contribution in [0.25, 0.3) is 0 Å². The summed E-state index contributed by atoms with van der Waals surface area (Å²) in [6, 6.07) is 0. The first kappa shape index (κ1) is 19.1. The van der Waals surface area contributed by atoms with Crippen LogP contribution in [0, 0.1) is 5.92 Å². The number of rotatable bonds is 6. The van der Waals surface area contributed by atoms with Crippen molar-refractivity contribution in [2.75, 3.05) is 6.61 Å². The van der Waals surface area contributed by atoms with Gasteiger partial charge in [-0.1, -0.05) is 12.8 Å². The Morgan fingerprint density at radius 1 is 1.18 bits per heavy atom. The summed E-state index contributed by atoms with van der Waals surface area (Å²) in [4.78, 5) is 22.7. The van der Waals surface area contributed by atoms with E-state index < -0.39 is 30.6 Å². The molecule has 0 aromatic heterocycles. The molecule has 0 heterocycles. The summed E-state index contributed by atoms with van der Waals surface area (Å²) in [6.45, 7) is 0.918. The minimum absolute atomic E-state index is 0.0286. The highest BCUT2D eigenvalue weighted by Gasteiger charge is 2.39. The van der Waals surface area contributed by atoms with Gasteiger partial charge in [0, 0.05) is 11.3 Å². The van der Waals surface area contributed by atoms with E-state index in [2.05, 4.69) is 4.74 Å². The van der Waals surface area contributed by atoms with Gasteiger partial charge < -0.3 is 9.47 Å². The number of carbonyl (C=O) groups excluding carboxylic acids is 2. The molecular formula is C14H20ClF3O4. The van der Waals surface area contributed by atoms with Crippen LogP contribution < -0.4 is 0 Å². The summed E-state index contributed by atoms with van der Waals surface area (Å²) in [5, 5.41) is -0.0286. The minimum atomic E-state index is -4.60. The molecule has 3 unspecified atom stereocenters. The summed E-state index contributed by atoms with van der Waals surface area (Å²) in [5.41, 5.74) is 0.